The van der Waals surface area contributed by atoms with Crippen LogP contribution in [0.15, 0.2) is 0 Å². The lowest BCUT2D eigenvalue weighted by Gasteiger charge is -2.28. The van der Waals surface area contributed by atoms with Gasteiger partial charge in [0.25, 0.3) is 0 Å². The minimum atomic E-state index is -2.03. The third-order valence-corrected chi connectivity index (χ3v) is 4.56. The van der Waals surface area contributed by atoms with Gasteiger partial charge in [-0.1, -0.05) is 0 Å². The highest BCUT2D eigenvalue weighted by molar-refractivity contribution is 8.09. The Morgan fingerprint density at radius 1 is 1.44 bits per heavy atom. The van der Waals surface area contributed by atoms with Crippen LogP contribution in [0, 0.1) is 0 Å². The maximum atomic E-state index is 5.82. The number of hydrogen-bond donors (Lipinski definition) is 1. The highest BCUT2D eigenvalue weighted by Crippen LogP contribution is 2.45. The first-order valence-electron chi connectivity index (χ1n) is 5.85. The van der Waals surface area contributed by atoms with Crippen molar-refractivity contribution in [3.63, 3.8) is 0 Å². The van der Waals surface area contributed by atoms with E-state index in [1.807, 2.05) is 13.6 Å². The van der Waals surface area contributed by atoms with Crippen molar-refractivity contribution in [2.75, 3.05) is 46.1 Å². The van der Waals surface area contributed by atoms with Gasteiger partial charge in [0.15, 0.2) is 6.49 Å². The van der Waals surface area contributed by atoms with Gasteiger partial charge in [-0.3, -0.25) is 0 Å². The van der Waals surface area contributed by atoms with E-state index in [0.29, 0.717) is 6.61 Å². The van der Waals surface area contributed by atoms with Crippen LogP contribution in [0.2, 0.25) is 0 Å². The normalized spacial score (nSPS) is 23.9. The van der Waals surface area contributed by atoms with Crippen LogP contribution in [0.5, 0.6) is 0 Å². The number of rotatable bonds is 6. The molecule has 1 heterocycles. The Morgan fingerprint density at radius 3 is 2.62 bits per heavy atom. The summed E-state index contributed by atoms with van der Waals surface area (Å²) in [5.74, 6) is 0. The second-order valence-corrected chi connectivity index (χ2v) is 8.17. The van der Waals surface area contributed by atoms with E-state index in [9.17, 15) is 0 Å². The van der Waals surface area contributed by atoms with Crippen LogP contribution >= 0.6 is 6.49 Å². The molecule has 0 radical (unpaired) electrons. The summed E-state index contributed by atoms with van der Waals surface area (Å²) >= 11 is 5.32. The zero-order valence-electron chi connectivity index (χ0n) is 10.4. The van der Waals surface area contributed by atoms with E-state index in [4.69, 9.17) is 25.6 Å². The molecule has 4 nitrogen and oxygen atoms in total. The van der Waals surface area contributed by atoms with Crippen molar-refractivity contribution in [1.29, 1.82) is 0 Å². The van der Waals surface area contributed by atoms with Gasteiger partial charge in [0.1, 0.15) is 25.7 Å². The van der Waals surface area contributed by atoms with Gasteiger partial charge < -0.3 is 18.7 Å². The molecule has 0 aromatic heterocycles. The third kappa shape index (κ3) is 5.71. The monoisotopic (exact) mass is 268 g/mol. The quantitative estimate of drug-likeness (QED) is 0.702. The predicted molar refractivity (Wildman–Crippen MR) is 68.8 cm³/mol. The molecular formula is C10H23NO3PS+. The Labute approximate surface area is 103 Å². The standard InChI is InChI=1S/C10H22NO3PS/c1-4-13-15(3,16)14-10(2)9-11-5-7-12-8-6-11/h10H,4-9H2,1-3H3/p+1/t10-,15+/m0/s1. The molecule has 1 fully saturated rings. The molecule has 2 atom stereocenters. The predicted octanol–water partition coefficient (Wildman–Crippen LogP) is 0.282. The molecule has 1 saturated heterocycles. The molecule has 0 amide bonds. The minimum absolute atomic E-state index is 0.162. The molecule has 0 aliphatic carbocycles. The van der Waals surface area contributed by atoms with E-state index in [-0.39, 0.29) is 6.10 Å². The molecule has 1 rings (SSSR count). The molecule has 0 unspecified atom stereocenters. The Morgan fingerprint density at radius 2 is 2.06 bits per heavy atom. The summed E-state index contributed by atoms with van der Waals surface area (Å²) in [7, 11) is 0. The summed E-state index contributed by atoms with van der Waals surface area (Å²) in [5, 5.41) is 0. The summed E-state index contributed by atoms with van der Waals surface area (Å²) < 4.78 is 16.6. The van der Waals surface area contributed by atoms with Gasteiger partial charge in [0.2, 0.25) is 0 Å². The lowest BCUT2D eigenvalue weighted by Crippen LogP contribution is -3.15. The van der Waals surface area contributed by atoms with Crippen LogP contribution in [-0.4, -0.2) is 52.2 Å². The van der Waals surface area contributed by atoms with Gasteiger partial charge in [0, 0.05) is 6.66 Å². The smallest absolute Gasteiger partial charge is 0.186 e. The number of hydrogen-bond acceptors (Lipinski definition) is 4. The van der Waals surface area contributed by atoms with E-state index in [1.165, 1.54) is 4.90 Å². The Kier molecular flexibility index (Phi) is 6.40. The molecule has 6 heteroatoms. The van der Waals surface area contributed by atoms with E-state index >= 15 is 0 Å². The number of ether oxygens (including phenoxy) is 1. The van der Waals surface area contributed by atoms with E-state index < -0.39 is 6.49 Å². The van der Waals surface area contributed by atoms with Crippen LogP contribution in [-0.2, 0) is 25.6 Å². The van der Waals surface area contributed by atoms with Crippen molar-refractivity contribution < 1.29 is 18.7 Å². The Hall–Kier alpha value is 0.490. The zero-order chi connectivity index (χ0) is 12.0. The van der Waals surface area contributed by atoms with Crippen LogP contribution in [0.3, 0.4) is 0 Å². The fraction of sp³-hybridized carbons (Fsp3) is 1.00. The fourth-order valence-electron chi connectivity index (χ4n) is 1.90. The topological polar surface area (TPSA) is 32.1 Å². The molecule has 0 aromatic rings. The molecule has 16 heavy (non-hydrogen) atoms. The first-order chi connectivity index (χ1) is 7.53. The number of nitrogens with one attached hydrogen (secondary N) is 1. The molecule has 0 saturated carbocycles. The molecule has 0 aromatic carbocycles. The van der Waals surface area contributed by atoms with Gasteiger partial charge in [-0.25, -0.2) is 0 Å². The molecule has 1 N–H and O–H groups in total. The van der Waals surface area contributed by atoms with Crippen molar-refractivity contribution in [3.05, 3.63) is 0 Å². The van der Waals surface area contributed by atoms with Crippen molar-refractivity contribution in [1.82, 2.24) is 0 Å². The van der Waals surface area contributed by atoms with Crippen molar-refractivity contribution in [2.45, 2.75) is 20.0 Å². The maximum Gasteiger partial charge on any atom is 0.186 e. The summed E-state index contributed by atoms with van der Waals surface area (Å²) in [6, 6.07) is 0. The highest BCUT2D eigenvalue weighted by Gasteiger charge is 2.21. The molecule has 0 spiro atoms. The largest absolute Gasteiger partial charge is 0.370 e. The SMILES string of the molecule is CCO[P@@](C)(=S)O[C@@H](C)C[NH+]1CCOCC1. The lowest BCUT2D eigenvalue weighted by molar-refractivity contribution is -0.910. The number of morpholine rings is 1. The zero-order valence-corrected chi connectivity index (χ0v) is 12.1. The van der Waals surface area contributed by atoms with E-state index in [0.717, 1.165) is 32.8 Å². The summed E-state index contributed by atoms with van der Waals surface area (Å²) in [6.45, 7) is 9.36. The van der Waals surface area contributed by atoms with Crippen LogP contribution < -0.4 is 4.90 Å². The minimum Gasteiger partial charge on any atom is -0.370 e. The van der Waals surface area contributed by atoms with Crippen molar-refractivity contribution >= 4 is 18.3 Å². The second kappa shape index (κ2) is 7.04. The average molecular weight is 268 g/mol. The Balaban J connectivity index is 2.28. The van der Waals surface area contributed by atoms with E-state index in [2.05, 4.69) is 6.92 Å². The summed E-state index contributed by atoms with van der Waals surface area (Å²) in [5.41, 5.74) is 0. The lowest BCUT2D eigenvalue weighted by atomic mass is 10.3. The first kappa shape index (κ1) is 14.6. The van der Waals surface area contributed by atoms with Crippen molar-refractivity contribution in [3.8, 4) is 0 Å². The first-order valence-corrected chi connectivity index (χ1v) is 8.94. The maximum absolute atomic E-state index is 5.82. The summed E-state index contributed by atoms with van der Waals surface area (Å²) in [6.07, 6.45) is 0.162. The molecule has 96 valence electrons. The number of quaternary nitrogens is 1. The molecule has 1 aliphatic rings. The van der Waals surface area contributed by atoms with Gasteiger partial charge >= 0.3 is 0 Å². The van der Waals surface area contributed by atoms with E-state index in [1.54, 1.807) is 0 Å². The Bertz CT molecular complexity index is 246. The van der Waals surface area contributed by atoms with Gasteiger partial charge in [-0.05, 0) is 25.7 Å². The molecule has 1 aliphatic heterocycles. The molecule has 0 bridgehead atoms. The van der Waals surface area contributed by atoms with Crippen LogP contribution in [0.4, 0.5) is 0 Å². The van der Waals surface area contributed by atoms with Crippen LogP contribution in [0.1, 0.15) is 13.8 Å². The second-order valence-electron chi connectivity index (χ2n) is 4.17. The van der Waals surface area contributed by atoms with Gasteiger partial charge in [0.05, 0.1) is 19.8 Å². The highest BCUT2D eigenvalue weighted by atomic mass is 32.5. The van der Waals surface area contributed by atoms with Gasteiger partial charge in [-0.2, -0.15) is 0 Å². The summed E-state index contributed by atoms with van der Waals surface area (Å²) in [4.78, 5) is 1.53. The average Bonchev–Trinajstić information content (AvgIpc) is 2.17. The van der Waals surface area contributed by atoms with Crippen molar-refractivity contribution in [2.24, 2.45) is 0 Å². The van der Waals surface area contributed by atoms with Gasteiger partial charge in [-0.15, -0.1) is 0 Å². The fourth-order valence-corrected chi connectivity index (χ4v) is 3.91. The van der Waals surface area contributed by atoms with Crippen LogP contribution in [0.25, 0.3) is 0 Å². The third-order valence-electron chi connectivity index (χ3n) is 2.51. The molecular weight excluding hydrogens is 245 g/mol.